The van der Waals surface area contributed by atoms with E-state index < -0.39 is 17.7 Å². The Morgan fingerprint density at radius 2 is 2.25 bits per heavy atom. The molecule has 0 saturated heterocycles. The molecule has 1 aromatic carbocycles. The number of halogens is 1. The van der Waals surface area contributed by atoms with E-state index >= 15 is 0 Å². The van der Waals surface area contributed by atoms with Crippen LogP contribution in [0.1, 0.15) is 31.2 Å². The zero-order valence-corrected chi connectivity index (χ0v) is 11.4. The molecule has 1 heterocycles. The van der Waals surface area contributed by atoms with E-state index in [0.29, 0.717) is 29.5 Å². The summed E-state index contributed by atoms with van der Waals surface area (Å²) in [5.74, 6) is -1.95. The summed E-state index contributed by atoms with van der Waals surface area (Å²) in [6, 6.07) is 5.04. The normalized spacial score (nSPS) is 12.3. The Bertz CT molecular complexity index is 642. The van der Waals surface area contributed by atoms with Gasteiger partial charge in [-0.25, -0.2) is 4.39 Å². The average molecular weight is 277 g/mol. The van der Waals surface area contributed by atoms with Crippen LogP contribution in [0.3, 0.4) is 0 Å². The maximum Gasteiger partial charge on any atom is 0.311 e. The summed E-state index contributed by atoms with van der Waals surface area (Å²) in [5, 5.41) is 9.84. The lowest BCUT2D eigenvalue weighted by Crippen LogP contribution is -2.14. The van der Waals surface area contributed by atoms with Gasteiger partial charge in [0.25, 0.3) is 0 Å². The zero-order chi connectivity index (χ0) is 14.7. The molecule has 0 amide bonds. The molecular formula is C15H16FNO3. The van der Waals surface area contributed by atoms with Crippen LogP contribution in [0.5, 0.6) is 5.75 Å². The molecule has 0 spiro atoms. The van der Waals surface area contributed by atoms with Crippen molar-refractivity contribution >= 4 is 16.9 Å². The van der Waals surface area contributed by atoms with Crippen molar-refractivity contribution in [2.45, 2.75) is 25.7 Å². The molecule has 106 valence electrons. The number of aromatic nitrogens is 1. The van der Waals surface area contributed by atoms with Crippen molar-refractivity contribution in [2.75, 3.05) is 7.11 Å². The van der Waals surface area contributed by atoms with Crippen molar-refractivity contribution in [3.8, 4) is 5.75 Å². The number of carboxylic acid groups (broad SMARTS) is 1. The predicted octanol–water partition coefficient (Wildman–Crippen LogP) is 3.35. The molecule has 2 rings (SSSR count). The van der Waals surface area contributed by atoms with E-state index in [2.05, 4.69) is 4.98 Å². The van der Waals surface area contributed by atoms with Crippen molar-refractivity contribution in [2.24, 2.45) is 0 Å². The Balaban J connectivity index is 2.70. The fourth-order valence-electron chi connectivity index (χ4n) is 2.33. The van der Waals surface area contributed by atoms with Gasteiger partial charge in [-0.05, 0) is 24.6 Å². The number of aliphatic carboxylic acids is 1. The van der Waals surface area contributed by atoms with Crippen LogP contribution in [0.2, 0.25) is 0 Å². The van der Waals surface area contributed by atoms with Crippen molar-refractivity contribution < 1.29 is 19.0 Å². The first-order valence-electron chi connectivity index (χ1n) is 6.43. The number of rotatable bonds is 5. The van der Waals surface area contributed by atoms with Gasteiger partial charge in [-0.3, -0.25) is 9.78 Å². The van der Waals surface area contributed by atoms with Crippen LogP contribution in [0, 0.1) is 5.82 Å². The monoisotopic (exact) mass is 277 g/mol. The molecule has 0 radical (unpaired) electrons. The summed E-state index contributed by atoms with van der Waals surface area (Å²) in [6.07, 6.45) is 2.11. The highest BCUT2D eigenvalue weighted by Gasteiger charge is 2.25. The van der Waals surface area contributed by atoms with Gasteiger partial charge in [0.2, 0.25) is 0 Å². The summed E-state index contributed by atoms with van der Waals surface area (Å²) >= 11 is 0. The Kier molecular flexibility index (Phi) is 4.17. The van der Waals surface area contributed by atoms with Crippen molar-refractivity contribution in [1.82, 2.24) is 4.98 Å². The molecule has 0 saturated carbocycles. The first kappa shape index (κ1) is 14.2. The molecule has 2 aromatic rings. The molecular weight excluding hydrogens is 261 g/mol. The molecule has 1 aromatic heterocycles. The van der Waals surface area contributed by atoms with Gasteiger partial charge in [0.05, 0.1) is 24.7 Å². The quantitative estimate of drug-likeness (QED) is 0.910. The molecule has 5 heteroatoms. The minimum atomic E-state index is -1.03. The smallest absolute Gasteiger partial charge is 0.311 e. The Labute approximate surface area is 116 Å². The minimum absolute atomic E-state index is 0.184. The van der Waals surface area contributed by atoms with Crippen molar-refractivity contribution in [1.29, 1.82) is 0 Å². The van der Waals surface area contributed by atoms with Crippen molar-refractivity contribution in [3.05, 3.63) is 35.8 Å². The van der Waals surface area contributed by atoms with E-state index in [9.17, 15) is 14.3 Å². The zero-order valence-electron chi connectivity index (χ0n) is 11.4. The summed E-state index contributed by atoms with van der Waals surface area (Å²) in [5.41, 5.74) is 0.743. The summed E-state index contributed by atoms with van der Waals surface area (Å²) in [4.78, 5) is 15.4. The molecule has 20 heavy (non-hydrogen) atoms. The number of hydrogen-bond acceptors (Lipinski definition) is 3. The van der Waals surface area contributed by atoms with E-state index in [1.54, 1.807) is 18.2 Å². The van der Waals surface area contributed by atoms with Gasteiger partial charge in [-0.15, -0.1) is 0 Å². The van der Waals surface area contributed by atoms with Crippen LogP contribution in [-0.2, 0) is 4.79 Å². The van der Waals surface area contributed by atoms with Gasteiger partial charge in [0.15, 0.2) is 0 Å². The van der Waals surface area contributed by atoms with Crippen LogP contribution in [-0.4, -0.2) is 23.2 Å². The van der Waals surface area contributed by atoms with Crippen LogP contribution < -0.4 is 4.74 Å². The largest absolute Gasteiger partial charge is 0.497 e. The lowest BCUT2D eigenvalue weighted by atomic mass is 9.91. The molecule has 1 unspecified atom stereocenters. The van der Waals surface area contributed by atoms with Crippen molar-refractivity contribution in [3.63, 3.8) is 0 Å². The number of carbonyl (C=O) groups is 1. The third kappa shape index (κ3) is 2.57. The van der Waals surface area contributed by atoms with E-state index in [1.165, 1.54) is 7.11 Å². The Morgan fingerprint density at radius 1 is 1.50 bits per heavy atom. The maximum absolute atomic E-state index is 14.1. The number of fused-ring (bicyclic) bond motifs is 1. The lowest BCUT2D eigenvalue weighted by Gasteiger charge is -2.15. The third-order valence-corrected chi connectivity index (χ3v) is 3.29. The number of ether oxygens (including phenoxy) is 1. The fraction of sp³-hybridized carbons (Fsp3) is 0.333. The number of methoxy groups -OCH3 is 1. The van der Waals surface area contributed by atoms with Gasteiger partial charge in [-0.2, -0.15) is 0 Å². The second-order valence-electron chi connectivity index (χ2n) is 4.58. The third-order valence-electron chi connectivity index (χ3n) is 3.29. The highest BCUT2D eigenvalue weighted by Crippen LogP contribution is 2.32. The first-order chi connectivity index (χ1) is 9.58. The minimum Gasteiger partial charge on any atom is -0.497 e. The number of carboxylic acids is 1. The van der Waals surface area contributed by atoms with E-state index in [1.807, 2.05) is 6.92 Å². The van der Waals surface area contributed by atoms with Crippen LogP contribution >= 0.6 is 0 Å². The summed E-state index contributed by atoms with van der Waals surface area (Å²) in [6.45, 7) is 1.87. The first-order valence-corrected chi connectivity index (χ1v) is 6.43. The number of hydrogen-bond donors (Lipinski definition) is 1. The van der Waals surface area contributed by atoms with E-state index in [0.717, 1.165) is 6.20 Å². The maximum atomic E-state index is 14.1. The highest BCUT2D eigenvalue weighted by atomic mass is 19.1. The van der Waals surface area contributed by atoms with Crippen LogP contribution in [0.25, 0.3) is 10.9 Å². The molecule has 0 fully saturated rings. The summed E-state index contributed by atoms with van der Waals surface area (Å²) in [7, 11) is 1.51. The second-order valence-corrected chi connectivity index (χ2v) is 4.58. The van der Waals surface area contributed by atoms with Gasteiger partial charge < -0.3 is 9.84 Å². The lowest BCUT2D eigenvalue weighted by molar-refractivity contribution is -0.139. The standard InChI is InChI=1S/C15H16FNO3/c1-3-4-10(15(18)19)14-11-7-9(20-2)5-6-13(11)17-8-12(14)16/h5-8,10H,3-4H2,1-2H3,(H,18,19). The van der Waals surface area contributed by atoms with Gasteiger partial charge in [0.1, 0.15) is 11.6 Å². The molecule has 4 nitrogen and oxygen atoms in total. The molecule has 1 atom stereocenters. The molecule has 0 aliphatic heterocycles. The highest BCUT2D eigenvalue weighted by molar-refractivity contribution is 5.89. The SMILES string of the molecule is CCCC(C(=O)O)c1c(F)cnc2ccc(OC)cc12. The van der Waals surface area contributed by atoms with Gasteiger partial charge >= 0.3 is 5.97 Å². The molecule has 0 bridgehead atoms. The Hall–Kier alpha value is -2.17. The average Bonchev–Trinajstić information content (AvgIpc) is 2.44. The fourth-order valence-corrected chi connectivity index (χ4v) is 2.33. The van der Waals surface area contributed by atoms with Gasteiger partial charge in [-0.1, -0.05) is 13.3 Å². The summed E-state index contributed by atoms with van der Waals surface area (Å²) < 4.78 is 19.2. The van der Waals surface area contributed by atoms with Crippen LogP contribution in [0.15, 0.2) is 24.4 Å². The second kappa shape index (κ2) is 5.86. The van der Waals surface area contributed by atoms with E-state index in [4.69, 9.17) is 4.74 Å². The number of pyridine rings is 1. The van der Waals surface area contributed by atoms with E-state index in [-0.39, 0.29) is 5.56 Å². The Morgan fingerprint density at radius 3 is 2.85 bits per heavy atom. The van der Waals surface area contributed by atoms with Gasteiger partial charge in [0, 0.05) is 10.9 Å². The topological polar surface area (TPSA) is 59.4 Å². The molecule has 1 N–H and O–H groups in total. The van der Waals surface area contributed by atoms with Crippen LogP contribution in [0.4, 0.5) is 4.39 Å². The predicted molar refractivity (Wildman–Crippen MR) is 73.5 cm³/mol. The number of benzene rings is 1. The molecule has 0 aliphatic rings. The molecule has 0 aliphatic carbocycles. The number of nitrogens with zero attached hydrogens (tertiary/aromatic N) is 1.